The molecular formula is C62H75F2N11O6S. The predicted molar refractivity (Wildman–Crippen MR) is 317 cm³/mol. The molecule has 0 aliphatic carbocycles. The van der Waals surface area contributed by atoms with Crippen molar-refractivity contribution in [2.24, 2.45) is 5.73 Å². The summed E-state index contributed by atoms with van der Waals surface area (Å²) in [4.78, 5) is 52.0. The van der Waals surface area contributed by atoms with Gasteiger partial charge in [-0.05, 0) is 86.6 Å². The number of primary amides is 1. The van der Waals surface area contributed by atoms with Gasteiger partial charge in [0.15, 0.2) is 11.6 Å². The average Bonchev–Trinajstić information content (AvgIpc) is 3.21. The summed E-state index contributed by atoms with van der Waals surface area (Å²) in [6, 6.07) is 16.0. The monoisotopic (exact) mass is 1140 g/mol. The Labute approximate surface area is 482 Å². The van der Waals surface area contributed by atoms with Gasteiger partial charge in [0.2, 0.25) is 11.8 Å². The lowest BCUT2D eigenvalue weighted by atomic mass is 9.96. The molecule has 20 heteroatoms. The van der Waals surface area contributed by atoms with E-state index < -0.39 is 23.6 Å². The predicted octanol–water partition coefficient (Wildman–Crippen LogP) is 9.63. The number of aromatic hydroxyl groups is 1. The van der Waals surface area contributed by atoms with Crippen molar-refractivity contribution >= 4 is 56.5 Å². The number of fused-ring (bicyclic) bond motifs is 4. The van der Waals surface area contributed by atoms with E-state index in [1.165, 1.54) is 57.8 Å². The zero-order chi connectivity index (χ0) is 58.0. The Bertz CT molecular complexity index is 3360. The molecule has 17 nitrogen and oxygen atoms in total. The first kappa shape index (κ1) is 59.3. The maximum absolute atomic E-state index is 16.9. The van der Waals surface area contributed by atoms with Gasteiger partial charge in [-0.3, -0.25) is 19.5 Å². The van der Waals surface area contributed by atoms with Gasteiger partial charge in [0, 0.05) is 87.7 Å². The minimum atomic E-state index is -0.758. The Kier molecular flexibility index (Phi) is 19.7. The van der Waals surface area contributed by atoms with Crippen LogP contribution in [0.15, 0.2) is 70.8 Å². The summed E-state index contributed by atoms with van der Waals surface area (Å²) >= 11 is 1.70. The number of aryl methyl sites for hydroxylation is 2. The molecule has 2 amide bonds. The van der Waals surface area contributed by atoms with E-state index in [9.17, 15) is 19.1 Å². The van der Waals surface area contributed by atoms with Gasteiger partial charge >= 0.3 is 6.01 Å². The number of likely N-dealkylation sites (tertiary alicyclic amines) is 2. The van der Waals surface area contributed by atoms with E-state index in [0.29, 0.717) is 73.9 Å². The zero-order valence-electron chi connectivity index (χ0n) is 47.8. The van der Waals surface area contributed by atoms with Crippen LogP contribution in [0.25, 0.3) is 43.4 Å². The number of piperazine rings is 1. The van der Waals surface area contributed by atoms with Crippen molar-refractivity contribution in [3.63, 3.8) is 0 Å². The zero-order valence-corrected chi connectivity index (χ0v) is 48.6. The minimum absolute atomic E-state index is 0.00456. The smallest absolute Gasteiger partial charge is 0.319 e. The maximum atomic E-state index is 16.9. The molecule has 3 aromatic carbocycles. The second kappa shape index (κ2) is 27.2. The molecule has 0 spiro atoms. The first-order valence-electron chi connectivity index (χ1n) is 28.9. The molecule has 5 aliphatic rings. The van der Waals surface area contributed by atoms with Gasteiger partial charge < -0.3 is 44.9 Å². The van der Waals surface area contributed by atoms with Crippen LogP contribution in [-0.4, -0.2) is 141 Å². The number of hydrogen-bond acceptors (Lipinski definition) is 16. The van der Waals surface area contributed by atoms with Crippen molar-refractivity contribution in [3.8, 4) is 45.8 Å². The van der Waals surface area contributed by atoms with Crippen LogP contribution >= 0.6 is 11.3 Å². The van der Waals surface area contributed by atoms with Crippen LogP contribution in [-0.2, 0) is 27.2 Å². The highest BCUT2D eigenvalue weighted by atomic mass is 32.1. The van der Waals surface area contributed by atoms with Gasteiger partial charge in [0.1, 0.15) is 47.0 Å². The molecule has 7 aromatic rings. The van der Waals surface area contributed by atoms with Crippen LogP contribution in [0.2, 0.25) is 0 Å². The molecule has 2 bridgehead atoms. The van der Waals surface area contributed by atoms with Gasteiger partial charge in [0.05, 0.1) is 45.7 Å². The Balaban J connectivity index is 0.000000364. The Morgan fingerprint density at radius 3 is 2.32 bits per heavy atom. The van der Waals surface area contributed by atoms with E-state index in [-0.39, 0.29) is 82.7 Å². The second-order valence-corrected chi connectivity index (χ2v) is 22.1. The third-order valence-corrected chi connectivity index (χ3v) is 16.5. The SMILES string of the molecule is C#Cc1c(F)ccc2cc(O)cc(-c3ncc4c(N5CC6CCC(C5)N6)nc(OCCN5CCC(OC6CN(c7cc(CC(=O)N8CCCC8C(N)=O)on7)C6)CC5)nc4c3F)c12.CC.CCC.CCc1ccc(-c2scnc2C)cc1. The molecular weight excluding hydrogens is 1060 g/mol. The summed E-state index contributed by atoms with van der Waals surface area (Å²) in [7, 11) is 0. The van der Waals surface area contributed by atoms with Crippen LogP contribution in [0, 0.1) is 30.9 Å². The summed E-state index contributed by atoms with van der Waals surface area (Å²) in [5, 5.41) is 19.5. The highest BCUT2D eigenvalue weighted by Gasteiger charge is 2.37. The fourth-order valence-corrected chi connectivity index (χ4v) is 12.2. The number of ether oxygens (including phenoxy) is 2. The number of pyridine rings is 1. The Morgan fingerprint density at radius 2 is 1.65 bits per heavy atom. The van der Waals surface area contributed by atoms with E-state index >= 15 is 4.39 Å². The van der Waals surface area contributed by atoms with Crippen LogP contribution in [0.3, 0.4) is 0 Å². The van der Waals surface area contributed by atoms with E-state index in [2.05, 4.69) is 98.0 Å². The summed E-state index contributed by atoms with van der Waals surface area (Å²) in [6.45, 7) is 18.2. The number of phenolic OH excluding ortho intramolecular Hbond substituents is 1. The fourth-order valence-electron chi connectivity index (χ4n) is 11.4. The maximum Gasteiger partial charge on any atom is 0.319 e. The number of thiazole rings is 1. The molecule has 9 heterocycles. The molecule has 0 saturated carbocycles. The molecule has 3 atom stereocenters. The Morgan fingerprint density at radius 1 is 0.915 bits per heavy atom. The number of rotatable bonds is 14. The second-order valence-electron chi connectivity index (χ2n) is 21.3. The van der Waals surface area contributed by atoms with Crippen molar-refractivity contribution in [1.29, 1.82) is 0 Å². The van der Waals surface area contributed by atoms with Crippen molar-refractivity contribution in [2.75, 3.05) is 68.8 Å². The van der Waals surface area contributed by atoms with Gasteiger partial charge in [-0.25, -0.2) is 13.8 Å². The van der Waals surface area contributed by atoms with Crippen LogP contribution in [0.4, 0.5) is 20.4 Å². The lowest BCUT2D eigenvalue weighted by Gasteiger charge is -2.42. The molecule has 434 valence electrons. The number of halogens is 2. The van der Waals surface area contributed by atoms with Crippen molar-refractivity contribution in [3.05, 3.63) is 101 Å². The number of anilines is 2. The number of aromatic nitrogens is 5. The number of carbonyl (C=O) groups excluding carboxylic acids is 2. The number of amides is 2. The first-order chi connectivity index (χ1) is 39.8. The van der Waals surface area contributed by atoms with Crippen molar-refractivity contribution in [2.45, 2.75) is 130 Å². The summed E-state index contributed by atoms with van der Waals surface area (Å²) in [5.41, 5.74) is 11.1. The first-order valence-corrected chi connectivity index (χ1v) is 29.8. The van der Waals surface area contributed by atoms with Crippen LogP contribution in [0.1, 0.15) is 102 Å². The van der Waals surface area contributed by atoms with Gasteiger partial charge in [-0.2, -0.15) is 9.97 Å². The largest absolute Gasteiger partial charge is 0.508 e. The molecule has 82 heavy (non-hydrogen) atoms. The summed E-state index contributed by atoms with van der Waals surface area (Å²) < 4.78 is 49.9. The van der Waals surface area contributed by atoms with E-state index in [1.54, 1.807) is 17.4 Å². The van der Waals surface area contributed by atoms with Crippen molar-refractivity contribution in [1.82, 2.24) is 40.2 Å². The van der Waals surface area contributed by atoms with Crippen LogP contribution < -0.4 is 25.6 Å². The summed E-state index contributed by atoms with van der Waals surface area (Å²) in [6.07, 6.45) is 14.9. The Hall–Kier alpha value is -7.31. The third-order valence-electron chi connectivity index (χ3n) is 15.5. The molecule has 4 aromatic heterocycles. The normalized spacial score (nSPS) is 18.9. The van der Waals surface area contributed by atoms with E-state index in [1.807, 2.05) is 19.4 Å². The lowest BCUT2D eigenvalue weighted by Crippen LogP contribution is -2.54. The standard InChI is InChI=1S/C45H48F2N10O6.C12H13NS.C3H8.C2H6/c1-2-32-35(46)8-5-25-16-28(58)17-33(39(25)32)41-40(47)42-34(20-49-41)44(56-21-26-6-7-27(22-56)50-26)52-45(51-42)61-15-14-54-12-9-29(10-13-54)62-31-23-55(24-31)37-18-30(63-53-37)19-38(59)57-11-3-4-36(57)43(48)60;1-3-10-4-6-11(7-5-10)12-9(2)13-8-14-12;1-3-2;1-2/h1,5,8,16-18,20,26-27,29,31,36,50,58H,3-4,6-7,9-15,19,21-24H2,(H2,48,60);4-8H,3H2,1-2H3;3H2,1-2H3;1-2H3. The molecule has 3 unspecified atom stereocenters. The third kappa shape index (κ3) is 13.4. The highest BCUT2D eigenvalue weighted by Crippen LogP contribution is 2.40. The number of piperidine rings is 1. The molecule has 0 radical (unpaired) electrons. The number of terminal acetylenes is 1. The molecule has 5 saturated heterocycles. The molecule has 5 aliphatic heterocycles. The average molecular weight is 1140 g/mol. The van der Waals surface area contributed by atoms with Gasteiger partial charge in [-0.1, -0.05) is 82.4 Å². The van der Waals surface area contributed by atoms with Crippen molar-refractivity contribution < 1.29 is 37.5 Å². The molecule has 5 fully saturated rings. The summed E-state index contributed by atoms with van der Waals surface area (Å²) in [5.74, 6) is 1.80. The van der Waals surface area contributed by atoms with Crippen LogP contribution in [0.5, 0.6) is 11.8 Å². The van der Waals surface area contributed by atoms with Gasteiger partial charge in [-0.15, -0.1) is 17.8 Å². The highest BCUT2D eigenvalue weighted by molar-refractivity contribution is 7.13. The number of benzene rings is 3. The lowest BCUT2D eigenvalue weighted by molar-refractivity contribution is -0.137. The topological polar surface area (TPSA) is 201 Å². The van der Waals surface area contributed by atoms with E-state index in [4.69, 9.17) is 31.1 Å². The van der Waals surface area contributed by atoms with E-state index in [0.717, 1.165) is 57.3 Å². The number of nitrogens with one attached hydrogen (secondary N) is 1. The molecule has 12 rings (SSSR count). The quantitative estimate of drug-likeness (QED) is 0.0869. The number of phenols is 1. The van der Waals surface area contributed by atoms with Gasteiger partial charge in [0.25, 0.3) is 0 Å². The number of carbonyl (C=O) groups is 2. The number of hydrogen-bond donors (Lipinski definition) is 3. The fraction of sp³-hybridized carbons (Fsp3) is 0.468. The number of nitrogens with zero attached hydrogens (tertiary/aromatic N) is 9. The number of nitrogens with two attached hydrogens (primary N) is 1. The minimum Gasteiger partial charge on any atom is -0.508 e. The molecule has 4 N–H and O–H groups in total.